The molecule has 3 nitrogen and oxygen atoms in total. The first-order valence-electron chi connectivity index (χ1n) is 6.83. The molecule has 0 amide bonds. The lowest BCUT2D eigenvalue weighted by atomic mass is 9.99. The van der Waals surface area contributed by atoms with Crippen LogP contribution in [0.25, 0.3) is 0 Å². The molecular formula is C15H24FN3. The summed E-state index contributed by atoms with van der Waals surface area (Å²) in [6, 6.07) is 5.54. The molecule has 0 radical (unpaired) electrons. The number of nitrogens with one attached hydrogen (secondary N) is 1. The van der Waals surface area contributed by atoms with Crippen LogP contribution in [0.15, 0.2) is 18.2 Å². The summed E-state index contributed by atoms with van der Waals surface area (Å²) in [5.41, 5.74) is 1.78. The molecule has 0 aromatic heterocycles. The normalized spacial score (nSPS) is 19.7. The predicted octanol–water partition coefficient (Wildman–Crippen LogP) is 2.08. The third-order valence-electron chi connectivity index (χ3n) is 4.05. The molecule has 19 heavy (non-hydrogen) atoms. The third-order valence-corrected chi connectivity index (χ3v) is 4.05. The highest BCUT2D eigenvalue weighted by Crippen LogP contribution is 2.27. The standard InChI is InChI=1S/C15H24FN3/c1-15(2)11-19(8-7-18(15)4)14-6-5-12(10-17-3)9-13(14)16/h5-6,9,17H,7-8,10-11H2,1-4H3. The first-order valence-corrected chi connectivity index (χ1v) is 6.83. The molecule has 1 aromatic rings. The molecule has 1 fully saturated rings. The Hall–Kier alpha value is -1.13. The van der Waals surface area contributed by atoms with E-state index in [1.807, 2.05) is 19.2 Å². The van der Waals surface area contributed by atoms with E-state index in [0.717, 1.165) is 30.9 Å². The van der Waals surface area contributed by atoms with Gasteiger partial charge in [-0.15, -0.1) is 0 Å². The van der Waals surface area contributed by atoms with Crippen LogP contribution in [0.5, 0.6) is 0 Å². The zero-order valence-electron chi connectivity index (χ0n) is 12.3. The average Bonchev–Trinajstić information content (AvgIpc) is 2.33. The van der Waals surface area contributed by atoms with Crippen LogP contribution < -0.4 is 10.2 Å². The Morgan fingerprint density at radius 3 is 2.63 bits per heavy atom. The Morgan fingerprint density at radius 2 is 2.05 bits per heavy atom. The number of hydrogen-bond donors (Lipinski definition) is 1. The van der Waals surface area contributed by atoms with Gasteiger partial charge in [-0.2, -0.15) is 0 Å². The van der Waals surface area contributed by atoms with Gasteiger partial charge in [0.05, 0.1) is 5.69 Å². The molecule has 1 heterocycles. The lowest BCUT2D eigenvalue weighted by Gasteiger charge is -2.46. The first kappa shape index (κ1) is 14.3. The molecule has 0 bridgehead atoms. The Balaban J connectivity index is 2.18. The minimum absolute atomic E-state index is 0.0777. The van der Waals surface area contributed by atoms with E-state index in [1.165, 1.54) is 0 Å². The Labute approximate surface area is 115 Å². The number of likely N-dealkylation sites (N-methyl/N-ethyl adjacent to an activating group) is 1. The van der Waals surface area contributed by atoms with Crippen LogP contribution in [-0.4, -0.2) is 44.2 Å². The number of halogens is 1. The molecule has 4 heteroatoms. The third kappa shape index (κ3) is 3.07. The highest BCUT2D eigenvalue weighted by atomic mass is 19.1. The van der Waals surface area contributed by atoms with Gasteiger partial charge in [-0.25, -0.2) is 4.39 Å². The van der Waals surface area contributed by atoms with Gasteiger partial charge in [0.1, 0.15) is 5.82 Å². The van der Waals surface area contributed by atoms with Crippen molar-refractivity contribution in [1.82, 2.24) is 10.2 Å². The van der Waals surface area contributed by atoms with Crippen LogP contribution in [0, 0.1) is 5.82 Å². The maximum absolute atomic E-state index is 14.2. The second kappa shape index (κ2) is 5.47. The molecule has 106 valence electrons. The van der Waals surface area contributed by atoms with Crippen molar-refractivity contribution in [3.63, 3.8) is 0 Å². The van der Waals surface area contributed by atoms with Crippen LogP contribution in [0.3, 0.4) is 0 Å². The number of benzene rings is 1. The van der Waals surface area contributed by atoms with E-state index in [9.17, 15) is 4.39 Å². The molecular weight excluding hydrogens is 241 g/mol. The zero-order valence-corrected chi connectivity index (χ0v) is 12.3. The Kier molecular flexibility index (Phi) is 4.11. The van der Waals surface area contributed by atoms with Crippen LogP contribution in [0.1, 0.15) is 19.4 Å². The minimum Gasteiger partial charge on any atom is -0.366 e. The number of nitrogens with zero attached hydrogens (tertiary/aromatic N) is 2. The second-order valence-corrected chi connectivity index (χ2v) is 5.97. The smallest absolute Gasteiger partial charge is 0.146 e. The lowest BCUT2D eigenvalue weighted by Crippen LogP contribution is -2.57. The van der Waals surface area contributed by atoms with Gasteiger partial charge >= 0.3 is 0 Å². The summed E-state index contributed by atoms with van der Waals surface area (Å²) in [5, 5.41) is 3.04. The van der Waals surface area contributed by atoms with Gasteiger partial charge in [-0.05, 0) is 45.6 Å². The van der Waals surface area contributed by atoms with Crippen molar-refractivity contribution < 1.29 is 4.39 Å². The predicted molar refractivity (Wildman–Crippen MR) is 78.1 cm³/mol. The van der Waals surface area contributed by atoms with Crippen LogP contribution in [0.2, 0.25) is 0 Å². The summed E-state index contributed by atoms with van der Waals surface area (Å²) in [7, 11) is 4.00. The SMILES string of the molecule is CNCc1ccc(N2CCN(C)C(C)(C)C2)c(F)c1. The molecule has 1 aliphatic rings. The number of piperazine rings is 1. The highest BCUT2D eigenvalue weighted by molar-refractivity contribution is 5.50. The molecule has 1 aromatic carbocycles. The summed E-state index contributed by atoms with van der Waals surface area (Å²) >= 11 is 0. The topological polar surface area (TPSA) is 18.5 Å². The van der Waals surface area contributed by atoms with Gasteiger partial charge in [0.25, 0.3) is 0 Å². The second-order valence-electron chi connectivity index (χ2n) is 5.97. The summed E-state index contributed by atoms with van der Waals surface area (Å²) in [6.07, 6.45) is 0. The van der Waals surface area contributed by atoms with Crippen molar-refractivity contribution in [2.45, 2.75) is 25.9 Å². The zero-order chi connectivity index (χ0) is 14.0. The average molecular weight is 265 g/mol. The van der Waals surface area contributed by atoms with Crippen LogP contribution in [0.4, 0.5) is 10.1 Å². The van der Waals surface area contributed by atoms with Gasteiger partial charge in [-0.3, -0.25) is 4.90 Å². The summed E-state index contributed by atoms with van der Waals surface area (Å²) in [6.45, 7) is 7.79. The van der Waals surface area contributed by atoms with Crippen molar-refractivity contribution >= 4 is 5.69 Å². The lowest BCUT2D eigenvalue weighted by molar-refractivity contribution is 0.138. The molecule has 0 atom stereocenters. The Bertz CT molecular complexity index is 445. The maximum atomic E-state index is 14.2. The molecule has 0 aliphatic carbocycles. The molecule has 2 rings (SSSR count). The molecule has 1 aliphatic heterocycles. The van der Waals surface area contributed by atoms with Gasteiger partial charge in [0.15, 0.2) is 0 Å². The van der Waals surface area contributed by atoms with E-state index in [-0.39, 0.29) is 11.4 Å². The van der Waals surface area contributed by atoms with Gasteiger partial charge in [-0.1, -0.05) is 6.07 Å². The van der Waals surface area contributed by atoms with Crippen LogP contribution >= 0.6 is 0 Å². The molecule has 0 saturated carbocycles. The fourth-order valence-electron chi connectivity index (χ4n) is 2.57. The monoisotopic (exact) mass is 265 g/mol. The fourth-order valence-corrected chi connectivity index (χ4v) is 2.57. The van der Waals surface area contributed by atoms with Crippen molar-refractivity contribution in [3.05, 3.63) is 29.6 Å². The number of hydrogen-bond acceptors (Lipinski definition) is 3. The maximum Gasteiger partial charge on any atom is 0.146 e. The van der Waals surface area contributed by atoms with Crippen molar-refractivity contribution in [1.29, 1.82) is 0 Å². The van der Waals surface area contributed by atoms with E-state index in [0.29, 0.717) is 6.54 Å². The van der Waals surface area contributed by atoms with E-state index in [4.69, 9.17) is 0 Å². The summed E-state index contributed by atoms with van der Waals surface area (Å²) < 4.78 is 14.2. The quantitative estimate of drug-likeness (QED) is 0.902. The van der Waals surface area contributed by atoms with Gasteiger partial charge in [0, 0.05) is 31.7 Å². The van der Waals surface area contributed by atoms with Gasteiger partial charge < -0.3 is 10.2 Å². The number of anilines is 1. The molecule has 0 unspecified atom stereocenters. The van der Waals surface area contributed by atoms with E-state index >= 15 is 0 Å². The molecule has 1 N–H and O–H groups in total. The Morgan fingerprint density at radius 1 is 1.32 bits per heavy atom. The van der Waals surface area contributed by atoms with Crippen LogP contribution in [-0.2, 0) is 6.54 Å². The largest absolute Gasteiger partial charge is 0.366 e. The minimum atomic E-state index is -0.117. The van der Waals surface area contributed by atoms with Crippen molar-refractivity contribution in [2.75, 3.05) is 38.6 Å². The van der Waals surface area contributed by atoms with Crippen molar-refractivity contribution in [2.24, 2.45) is 0 Å². The number of rotatable bonds is 3. The van der Waals surface area contributed by atoms with Gasteiger partial charge in [0.2, 0.25) is 0 Å². The van der Waals surface area contributed by atoms with E-state index in [2.05, 4.69) is 36.0 Å². The van der Waals surface area contributed by atoms with E-state index < -0.39 is 0 Å². The van der Waals surface area contributed by atoms with Crippen molar-refractivity contribution in [3.8, 4) is 0 Å². The summed E-state index contributed by atoms with van der Waals surface area (Å²) in [4.78, 5) is 4.48. The highest BCUT2D eigenvalue weighted by Gasteiger charge is 2.31. The first-order chi connectivity index (χ1) is 8.94. The fraction of sp³-hybridized carbons (Fsp3) is 0.600. The molecule has 0 spiro atoms. The molecule has 1 saturated heterocycles. The summed E-state index contributed by atoms with van der Waals surface area (Å²) in [5.74, 6) is -0.117. The van der Waals surface area contributed by atoms with E-state index in [1.54, 1.807) is 6.07 Å².